The van der Waals surface area contributed by atoms with Crippen molar-refractivity contribution in [3.63, 3.8) is 0 Å². The van der Waals surface area contributed by atoms with Crippen molar-refractivity contribution in [2.75, 3.05) is 7.05 Å². The quantitative estimate of drug-likeness (QED) is 0.695. The van der Waals surface area contributed by atoms with E-state index in [4.69, 9.17) is 0 Å². The molecule has 0 bridgehead atoms. The summed E-state index contributed by atoms with van der Waals surface area (Å²) >= 11 is 0. The standard InChI is InChI=1S/C22H23FN4O2/c1-14-17(22(29)26-21(25-14)16-10-12-24-13-11-16)8-9-20(28)27(3)15(2)18-6-4-5-7-19(18)23/h4-7,10-13,15H,8-9H2,1-3H3,(H,25,26,29). The van der Waals surface area contributed by atoms with E-state index in [1.807, 2.05) is 0 Å². The summed E-state index contributed by atoms with van der Waals surface area (Å²) in [5.74, 6) is -0.0455. The van der Waals surface area contributed by atoms with Crippen molar-refractivity contribution in [3.05, 3.63) is 81.8 Å². The molecule has 1 amide bonds. The van der Waals surface area contributed by atoms with E-state index in [1.165, 1.54) is 11.0 Å². The average Bonchev–Trinajstić information content (AvgIpc) is 2.72. The Balaban J connectivity index is 1.72. The van der Waals surface area contributed by atoms with E-state index >= 15 is 0 Å². The molecule has 0 fully saturated rings. The number of rotatable bonds is 6. The molecule has 29 heavy (non-hydrogen) atoms. The number of benzene rings is 1. The Morgan fingerprint density at radius 2 is 1.90 bits per heavy atom. The Morgan fingerprint density at radius 1 is 1.21 bits per heavy atom. The number of aryl methyl sites for hydroxylation is 1. The highest BCUT2D eigenvalue weighted by atomic mass is 19.1. The molecule has 3 rings (SSSR count). The zero-order valence-corrected chi connectivity index (χ0v) is 16.6. The first-order valence-electron chi connectivity index (χ1n) is 9.38. The van der Waals surface area contributed by atoms with Crippen molar-refractivity contribution < 1.29 is 9.18 Å². The van der Waals surface area contributed by atoms with Gasteiger partial charge in [0.1, 0.15) is 11.6 Å². The lowest BCUT2D eigenvalue weighted by molar-refractivity contribution is -0.131. The van der Waals surface area contributed by atoms with Crippen LogP contribution in [0.25, 0.3) is 11.4 Å². The molecule has 0 radical (unpaired) electrons. The number of carbonyl (C=O) groups is 1. The third-order valence-corrected chi connectivity index (χ3v) is 5.09. The molecule has 0 aliphatic heterocycles. The minimum Gasteiger partial charge on any atom is -0.339 e. The van der Waals surface area contributed by atoms with Crippen LogP contribution in [0.1, 0.15) is 36.2 Å². The molecule has 1 N–H and O–H groups in total. The highest BCUT2D eigenvalue weighted by Gasteiger charge is 2.20. The van der Waals surface area contributed by atoms with Gasteiger partial charge >= 0.3 is 0 Å². The number of halogens is 1. The lowest BCUT2D eigenvalue weighted by atomic mass is 10.0. The highest BCUT2D eigenvalue weighted by Crippen LogP contribution is 2.22. The zero-order valence-electron chi connectivity index (χ0n) is 16.6. The van der Waals surface area contributed by atoms with Gasteiger partial charge in [-0.25, -0.2) is 9.37 Å². The van der Waals surface area contributed by atoms with Crippen molar-refractivity contribution in [2.45, 2.75) is 32.7 Å². The summed E-state index contributed by atoms with van der Waals surface area (Å²) in [6, 6.07) is 9.52. The van der Waals surface area contributed by atoms with Crippen LogP contribution in [0, 0.1) is 12.7 Å². The van der Waals surface area contributed by atoms with E-state index in [0.29, 0.717) is 22.6 Å². The first kappa shape index (κ1) is 20.4. The predicted molar refractivity (Wildman–Crippen MR) is 109 cm³/mol. The van der Waals surface area contributed by atoms with Crippen LogP contribution >= 0.6 is 0 Å². The summed E-state index contributed by atoms with van der Waals surface area (Å²) < 4.78 is 14.0. The maximum Gasteiger partial charge on any atom is 0.254 e. The Hall–Kier alpha value is -3.35. The number of aromatic amines is 1. The van der Waals surface area contributed by atoms with Gasteiger partial charge in [0.25, 0.3) is 5.56 Å². The van der Waals surface area contributed by atoms with E-state index in [9.17, 15) is 14.0 Å². The third-order valence-electron chi connectivity index (χ3n) is 5.09. The van der Waals surface area contributed by atoms with Gasteiger partial charge < -0.3 is 9.88 Å². The van der Waals surface area contributed by atoms with Gasteiger partial charge in [-0.15, -0.1) is 0 Å². The van der Waals surface area contributed by atoms with Crippen LogP contribution in [-0.2, 0) is 11.2 Å². The minimum absolute atomic E-state index is 0.134. The summed E-state index contributed by atoms with van der Waals surface area (Å²) in [6.45, 7) is 3.53. The molecule has 1 aromatic carbocycles. The van der Waals surface area contributed by atoms with Gasteiger partial charge in [-0.05, 0) is 38.5 Å². The van der Waals surface area contributed by atoms with Gasteiger partial charge in [-0.1, -0.05) is 18.2 Å². The van der Waals surface area contributed by atoms with Crippen LogP contribution in [0.2, 0.25) is 0 Å². The fourth-order valence-electron chi connectivity index (χ4n) is 3.20. The number of nitrogens with zero attached hydrogens (tertiary/aromatic N) is 3. The number of amides is 1. The fraction of sp³-hybridized carbons (Fsp3) is 0.273. The van der Waals surface area contributed by atoms with Crippen molar-refractivity contribution >= 4 is 5.91 Å². The number of hydrogen-bond acceptors (Lipinski definition) is 4. The molecule has 1 atom stereocenters. The molecule has 7 heteroatoms. The molecule has 2 heterocycles. The molecule has 6 nitrogen and oxygen atoms in total. The SMILES string of the molecule is Cc1nc(-c2ccncc2)[nH]c(=O)c1CCC(=O)N(C)C(C)c1ccccc1F. The monoisotopic (exact) mass is 394 g/mol. The van der Waals surface area contributed by atoms with E-state index in [0.717, 1.165) is 5.56 Å². The molecule has 0 aliphatic rings. The molecule has 150 valence electrons. The van der Waals surface area contributed by atoms with Gasteiger partial charge in [0.15, 0.2) is 0 Å². The normalized spacial score (nSPS) is 11.9. The number of aromatic nitrogens is 3. The van der Waals surface area contributed by atoms with Crippen molar-refractivity contribution in [2.24, 2.45) is 0 Å². The molecule has 0 saturated carbocycles. The first-order chi connectivity index (χ1) is 13.9. The van der Waals surface area contributed by atoms with E-state index in [-0.39, 0.29) is 30.1 Å². The fourth-order valence-corrected chi connectivity index (χ4v) is 3.20. The second-order valence-corrected chi connectivity index (χ2v) is 6.92. The lowest BCUT2D eigenvalue weighted by Crippen LogP contribution is -2.31. The molecule has 0 aliphatic carbocycles. The maximum atomic E-state index is 14.0. The number of pyridine rings is 1. The Kier molecular flexibility index (Phi) is 6.16. The molecule has 0 saturated heterocycles. The summed E-state index contributed by atoms with van der Waals surface area (Å²) in [7, 11) is 1.64. The first-order valence-corrected chi connectivity index (χ1v) is 9.38. The van der Waals surface area contributed by atoms with Crippen LogP contribution in [0.4, 0.5) is 4.39 Å². The van der Waals surface area contributed by atoms with Crippen LogP contribution < -0.4 is 5.56 Å². The number of nitrogens with one attached hydrogen (secondary N) is 1. The van der Waals surface area contributed by atoms with Crippen molar-refractivity contribution in [3.8, 4) is 11.4 Å². The molecular formula is C22H23FN4O2. The second-order valence-electron chi connectivity index (χ2n) is 6.92. The Bertz CT molecular complexity index is 1070. The van der Waals surface area contributed by atoms with E-state index < -0.39 is 6.04 Å². The lowest BCUT2D eigenvalue weighted by Gasteiger charge is -2.25. The predicted octanol–water partition coefficient (Wildman–Crippen LogP) is 3.43. The number of hydrogen-bond donors (Lipinski definition) is 1. The Morgan fingerprint density at radius 3 is 2.55 bits per heavy atom. The van der Waals surface area contributed by atoms with Crippen molar-refractivity contribution in [1.29, 1.82) is 0 Å². The number of H-pyrrole nitrogens is 1. The van der Waals surface area contributed by atoms with E-state index in [1.54, 1.807) is 63.6 Å². The highest BCUT2D eigenvalue weighted by molar-refractivity contribution is 5.76. The summed E-state index contributed by atoms with van der Waals surface area (Å²) in [6.07, 6.45) is 3.65. The summed E-state index contributed by atoms with van der Waals surface area (Å²) in [5.41, 5.74) is 2.02. The Labute approximate surface area is 168 Å². The van der Waals surface area contributed by atoms with Crippen LogP contribution in [0.3, 0.4) is 0 Å². The molecule has 1 unspecified atom stereocenters. The zero-order chi connectivity index (χ0) is 21.0. The minimum atomic E-state index is -0.407. The second kappa shape index (κ2) is 8.77. The van der Waals surface area contributed by atoms with Gasteiger partial charge in [0, 0.05) is 48.2 Å². The van der Waals surface area contributed by atoms with Crippen LogP contribution in [-0.4, -0.2) is 32.8 Å². The molecular weight excluding hydrogens is 371 g/mol. The molecule has 0 spiro atoms. The molecule has 3 aromatic rings. The van der Waals surface area contributed by atoms with Gasteiger partial charge in [0.2, 0.25) is 5.91 Å². The van der Waals surface area contributed by atoms with Crippen LogP contribution in [0.5, 0.6) is 0 Å². The topological polar surface area (TPSA) is 79.0 Å². The largest absolute Gasteiger partial charge is 0.339 e. The molecule has 2 aromatic heterocycles. The average molecular weight is 394 g/mol. The number of carbonyl (C=O) groups excluding carboxylic acids is 1. The van der Waals surface area contributed by atoms with Gasteiger partial charge in [-0.2, -0.15) is 0 Å². The van der Waals surface area contributed by atoms with E-state index in [2.05, 4.69) is 15.0 Å². The summed E-state index contributed by atoms with van der Waals surface area (Å²) in [4.78, 5) is 37.8. The van der Waals surface area contributed by atoms with Gasteiger partial charge in [0.05, 0.1) is 6.04 Å². The third kappa shape index (κ3) is 4.56. The van der Waals surface area contributed by atoms with Gasteiger partial charge in [-0.3, -0.25) is 14.6 Å². The van der Waals surface area contributed by atoms with Crippen LogP contribution in [0.15, 0.2) is 53.6 Å². The summed E-state index contributed by atoms with van der Waals surface area (Å²) in [5, 5.41) is 0. The smallest absolute Gasteiger partial charge is 0.254 e. The maximum absolute atomic E-state index is 14.0. The van der Waals surface area contributed by atoms with Crippen molar-refractivity contribution in [1.82, 2.24) is 19.9 Å².